The van der Waals surface area contributed by atoms with Crippen molar-refractivity contribution in [2.75, 3.05) is 0 Å². The molecule has 2 aromatic heterocycles. The van der Waals surface area contributed by atoms with Crippen LogP contribution in [0.1, 0.15) is 6.92 Å². The molecule has 0 saturated carbocycles. The number of nitrogens with zero attached hydrogens (tertiary/aromatic N) is 2. The van der Waals surface area contributed by atoms with E-state index in [9.17, 15) is 0 Å². The Morgan fingerprint density at radius 2 is 2.38 bits per heavy atom. The molecule has 64 valence electrons. The molecule has 2 aromatic rings. The van der Waals surface area contributed by atoms with Gasteiger partial charge in [0, 0.05) is 18.1 Å². The smallest absolute Gasteiger partial charge is 0.116 e. The van der Waals surface area contributed by atoms with Crippen molar-refractivity contribution in [1.29, 1.82) is 0 Å². The Morgan fingerprint density at radius 3 is 3.08 bits per heavy atom. The van der Waals surface area contributed by atoms with Crippen LogP contribution in [-0.4, -0.2) is 17.4 Å². The van der Waals surface area contributed by atoms with Gasteiger partial charge in [-0.25, -0.2) is 4.98 Å². The minimum atomic E-state index is 0.789. The summed E-state index contributed by atoms with van der Waals surface area (Å²) in [5.74, 6) is 0. The minimum absolute atomic E-state index is 0.789. The van der Waals surface area contributed by atoms with E-state index >= 15 is 0 Å². The third kappa shape index (κ3) is 1.39. The number of aromatic nitrogens is 2. The van der Waals surface area contributed by atoms with E-state index in [0.29, 0.717) is 0 Å². The topological polar surface area (TPSA) is 17.8 Å². The van der Waals surface area contributed by atoms with Crippen LogP contribution >= 0.6 is 15.9 Å². The quantitative estimate of drug-likeness (QED) is 0.542. The Bertz CT molecular complexity index is 450. The highest BCUT2D eigenvalue weighted by atomic mass is 79.9. The number of halogens is 1. The Morgan fingerprint density at radius 1 is 1.62 bits per heavy atom. The third-order valence-electron chi connectivity index (χ3n) is 2.10. The van der Waals surface area contributed by atoms with Crippen LogP contribution in [0.5, 0.6) is 0 Å². The molecular formula is C9H8BBrN2. The molecule has 0 N–H and O–H groups in total. The molecule has 0 atom stereocenters. The summed E-state index contributed by atoms with van der Waals surface area (Å²) in [5.41, 5.74) is 1.92. The largest absolute Gasteiger partial charge is 0.348 e. The number of hydrogen-bond donors (Lipinski definition) is 0. The minimum Gasteiger partial charge on any atom is -0.348 e. The maximum Gasteiger partial charge on any atom is 0.116 e. The fourth-order valence-electron chi connectivity index (χ4n) is 1.45. The van der Waals surface area contributed by atoms with E-state index in [-0.39, 0.29) is 0 Å². The summed E-state index contributed by atoms with van der Waals surface area (Å²) in [5, 5.41) is 1.02. The molecule has 0 aliphatic rings. The number of pyridine rings is 1. The molecule has 2 heterocycles. The first-order valence-electron chi connectivity index (χ1n) is 4.12. The maximum atomic E-state index is 5.83. The van der Waals surface area contributed by atoms with E-state index < -0.39 is 0 Å². The second kappa shape index (κ2) is 3.18. The van der Waals surface area contributed by atoms with Gasteiger partial charge in [-0.1, -0.05) is 5.46 Å². The summed E-state index contributed by atoms with van der Waals surface area (Å²) in [4.78, 5) is 4.14. The monoisotopic (exact) mass is 234 g/mol. The zero-order chi connectivity index (χ0) is 9.42. The molecule has 2 rings (SSSR count). The van der Waals surface area contributed by atoms with Crippen molar-refractivity contribution in [3.05, 3.63) is 23.1 Å². The highest BCUT2D eigenvalue weighted by Gasteiger charge is 2.04. The number of hydrogen-bond acceptors (Lipinski definition) is 1. The van der Waals surface area contributed by atoms with Crippen LogP contribution in [0, 0.1) is 0 Å². The predicted octanol–water partition coefficient (Wildman–Crippen LogP) is 1.61. The van der Waals surface area contributed by atoms with Crippen molar-refractivity contribution in [2.45, 2.75) is 13.5 Å². The number of rotatable bonds is 1. The lowest BCUT2D eigenvalue weighted by Gasteiger charge is -1.99. The normalized spacial score (nSPS) is 10.9. The second-order valence-corrected chi connectivity index (χ2v) is 3.71. The average Bonchev–Trinajstić information content (AvgIpc) is 2.42. The van der Waals surface area contributed by atoms with Crippen molar-refractivity contribution in [2.24, 2.45) is 0 Å². The Labute approximate surface area is 86.5 Å². The summed E-state index contributed by atoms with van der Waals surface area (Å²) in [6, 6.07) is 1.98. The molecular weight excluding hydrogens is 227 g/mol. The van der Waals surface area contributed by atoms with Crippen molar-refractivity contribution in [3.8, 4) is 0 Å². The molecule has 2 nitrogen and oxygen atoms in total. The van der Waals surface area contributed by atoms with Gasteiger partial charge in [0.05, 0.1) is 5.52 Å². The van der Waals surface area contributed by atoms with E-state index in [1.54, 1.807) is 6.20 Å². The standard InChI is InChI=1S/C9H8BBrN2/c1-2-13-5-7(10)6-4-12-9(11)3-8(6)13/h3-5H,2H2,1H3. The van der Waals surface area contributed by atoms with Gasteiger partial charge < -0.3 is 4.57 Å². The highest BCUT2D eigenvalue weighted by Crippen LogP contribution is 2.16. The second-order valence-electron chi connectivity index (χ2n) is 2.89. The van der Waals surface area contributed by atoms with Crippen molar-refractivity contribution < 1.29 is 0 Å². The molecule has 0 bridgehead atoms. The lowest BCUT2D eigenvalue weighted by molar-refractivity contribution is 0.798. The van der Waals surface area contributed by atoms with Crippen LogP contribution < -0.4 is 5.46 Å². The lowest BCUT2D eigenvalue weighted by atomic mass is 9.97. The predicted molar refractivity (Wildman–Crippen MR) is 58.5 cm³/mol. The summed E-state index contributed by atoms with van der Waals surface area (Å²) in [6.45, 7) is 3.01. The van der Waals surface area contributed by atoms with Gasteiger partial charge in [0.15, 0.2) is 0 Å². The van der Waals surface area contributed by atoms with Gasteiger partial charge in [-0.05, 0) is 35.1 Å². The van der Waals surface area contributed by atoms with Gasteiger partial charge in [0.25, 0.3) is 0 Å². The molecule has 0 unspecified atom stereocenters. The van der Waals surface area contributed by atoms with Crippen LogP contribution in [0.25, 0.3) is 10.9 Å². The molecule has 0 amide bonds. The Kier molecular flexibility index (Phi) is 2.16. The molecule has 0 fully saturated rings. The molecule has 2 radical (unpaired) electrons. The summed E-state index contributed by atoms with van der Waals surface area (Å²) in [6.07, 6.45) is 3.74. The summed E-state index contributed by atoms with van der Waals surface area (Å²) < 4.78 is 2.95. The molecule has 0 aliphatic carbocycles. The first-order valence-corrected chi connectivity index (χ1v) is 4.91. The van der Waals surface area contributed by atoms with Gasteiger partial charge in [0.1, 0.15) is 12.4 Å². The van der Waals surface area contributed by atoms with E-state index in [0.717, 1.165) is 27.5 Å². The first-order chi connectivity index (χ1) is 6.22. The number of fused-ring (bicyclic) bond motifs is 1. The zero-order valence-corrected chi connectivity index (χ0v) is 8.87. The van der Waals surface area contributed by atoms with Crippen LogP contribution in [-0.2, 0) is 6.54 Å². The van der Waals surface area contributed by atoms with Crippen LogP contribution in [0.15, 0.2) is 23.1 Å². The highest BCUT2D eigenvalue weighted by molar-refractivity contribution is 9.10. The van der Waals surface area contributed by atoms with Crippen LogP contribution in [0.4, 0.5) is 0 Å². The fourth-order valence-corrected chi connectivity index (χ4v) is 1.77. The molecule has 0 saturated heterocycles. The van der Waals surface area contributed by atoms with Crippen molar-refractivity contribution >= 4 is 40.1 Å². The van der Waals surface area contributed by atoms with Crippen molar-refractivity contribution in [1.82, 2.24) is 9.55 Å². The van der Waals surface area contributed by atoms with Crippen molar-refractivity contribution in [3.63, 3.8) is 0 Å². The van der Waals surface area contributed by atoms with Gasteiger partial charge in [0.2, 0.25) is 0 Å². The van der Waals surface area contributed by atoms with E-state index in [1.807, 2.05) is 12.3 Å². The van der Waals surface area contributed by atoms with Gasteiger partial charge in [-0.15, -0.1) is 0 Å². The Balaban J connectivity index is 2.81. The molecule has 0 aliphatic heterocycles. The molecule has 13 heavy (non-hydrogen) atoms. The first kappa shape index (κ1) is 8.82. The van der Waals surface area contributed by atoms with E-state index in [2.05, 4.69) is 32.4 Å². The molecule has 4 heteroatoms. The van der Waals surface area contributed by atoms with Crippen LogP contribution in [0.3, 0.4) is 0 Å². The average molecular weight is 235 g/mol. The van der Waals surface area contributed by atoms with Gasteiger partial charge >= 0.3 is 0 Å². The summed E-state index contributed by atoms with van der Waals surface area (Å²) in [7, 11) is 5.83. The van der Waals surface area contributed by atoms with Gasteiger partial charge in [-0.2, -0.15) is 0 Å². The molecule has 0 aromatic carbocycles. The maximum absolute atomic E-state index is 5.83. The Hall–Kier alpha value is -0.765. The SMILES string of the molecule is [B]c1cn(CC)c2cc(Br)ncc12. The molecule has 0 spiro atoms. The fraction of sp³-hybridized carbons (Fsp3) is 0.222. The summed E-state index contributed by atoms with van der Waals surface area (Å²) >= 11 is 3.34. The lowest BCUT2D eigenvalue weighted by Crippen LogP contribution is -1.98. The zero-order valence-electron chi connectivity index (χ0n) is 7.29. The third-order valence-corrected chi connectivity index (χ3v) is 2.54. The van der Waals surface area contributed by atoms with E-state index in [4.69, 9.17) is 7.85 Å². The van der Waals surface area contributed by atoms with Crippen LogP contribution in [0.2, 0.25) is 0 Å². The van der Waals surface area contributed by atoms with Gasteiger partial charge in [-0.3, -0.25) is 0 Å². The van der Waals surface area contributed by atoms with E-state index in [1.165, 1.54) is 0 Å². The number of aryl methyl sites for hydroxylation is 1.